The Balaban J connectivity index is 2.61. The van der Waals surface area contributed by atoms with Crippen molar-refractivity contribution in [2.24, 2.45) is 0 Å². The molecule has 1 heterocycles. The van der Waals surface area contributed by atoms with Gasteiger partial charge in [0, 0.05) is 5.56 Å². The zero-order valence-corrected chi connectivity index (χ0v) is 8.55. The van der Waals surface area contributed by atoms with Crippen LogP contribution in [-0.2, 0) is 5.41 Å². The van der Waals surface area contributed by atoms with Crippen LogP contribution in [0.4, 0.5) is 0 Å². The third kappa shape index (κ3) is 1.32. The lowest BCUT2D eigenvalue weighted by Gasteiger charge is -2.33. The average molecular weight is 176 g/mol. The first-order valence-electron chi connectivity index (χ1n) is 4.84. The third-order valence-electron chi connectivity index (χ3n) is 2.90. The van der Waals surface area contributed by atoms with Crippen LogP contribution in [0.1, 0.15) is 31.4 Å². The highest BCUT2D eigenvalue weighted by molar-refractivity contribution is 5.45. The highest BCUT2D eigenvalue weighted by Gasteiger charge is 2.29. The van der Waals surface area contributed by atoms with Crippen LogP contribution in [0, 0.1) is 6.92 Å². The van der Waals surface area contributed by atoms with Crippen molar-refractivity contribution in [2.75, 3.05) is 6.61 Å². The second kappa shape index (κ2) is 2.76. The highest BCUT2D eigenvalue weighted by Crippen LogP contribution is 2.39. The largest absolute Gasteiger partial charge is 0.493 e. The lowest BCUT2D eigenvalue weighted by Crippen LogP contribution is -2.27. The standard InChI is InChI=1S/C12H16O/c1-9-5-4-6-10-11(9)12(2,3)7-8-13-10/h4-6H,7-8H2,1-3H3. The van der Waals surface area contributed by atoms with Crippen molar-refractivity contribution in [3.05, 3.63) is 29.3 Å². The molecule has 1 aliphatic heterocycles. The molecular weight excluding hydrogens is 160 g/mol. The number of ether oxygens (including phenoxy) is 1. The lowest BCUT2D eigenvalue weighted by molar-refractivity contribution is 0.233. The predicted molar refractivity (Wildman–Crippen MR) is 54.3 cm³/mol. The van der Waals surface area contributed by atoms with Crippen molar-refractivity contribution < 1.29 is 4.74 Å². The van der Waals surface area contributed by atoms with E-state index in [2.05, 4.69) is 39.0 Å². The van der Waals surface area contributed by atoms with Gasteiger partial charge in [-0.2, -0.15) is 0 Å². The van der Waals surface area contributed by atoms with E-state index in [0.29, 0.717) is 0 Å². The Bertz CT molecular complexity index is 326. The van der Waals surface area contributed by atoms with Crippen molar-refractivity contribution in [2.45, 2.75) is 32.6 Å². The molecule has 0 radical (unpaired) electrons. The van der Waals surface area contributed by atoms with E-state index in [1.165, 1.54) is 11.1 Å². The van der Waals surface area contributed by atoms with Crippen LogP contribution < -0.4 is 4.74 Å². The van der Waals surface area contributed by atoms with E-state index in [4.69, 9.17) is 4.74 Å². The smallest absolute Gasteiger partial charge is 0.123 e. The quantitative estimate of drug-likeness (QED) is 0.590. The molecule has 0 aromatic heterocycles. The summed E-state index contributed by atoms with van der Waals surface area (Å²) < 4.78 is 5.64. The zero-order chi connectivity index (χ0) is 9.47. The second-order valence-corrected chi connectivity index (χ2v) is 4.43. The number of fused-ring (bicyclic) bond motifs is 1. The van der Waals surface area contributed by atoms with Gasteiger partial charge in [-0.1, -0.05) is 26.0 Å². The monoisotopic (exact) mass is 176 g/mol. The molecule has 1 aromatic carbocycles. The SMILES string of the molecule is Cc1cccc2c1C(C)(C)CCO2. The maximum Gasteiger partial charge on any atom is 0.123 e. The zero-order valence-electron chi connectivity index (χ0n) is 8.55. The maximum atomic E-state index is 5.64. The van der Waals surface area contributed by atoms with Crippen LogP contribution in [0.25, 0.3) is 0 Å². The second-order valence-electron chi connectivity index (χ2n) is 4.43. The van der Waals surface area contributed by atoms with Crippen molar-refractivity contribution in [1.82, 2.24) is 0 Å². The fraction of sp³-hybridized carbons (Fsp3) is 0.500. The van der Waals surface area contributed by atoms with Crippen LogP contribution in [0.2, 0.25) is 0 Å². The molecule has 0 bridgehead atoms. The van der Waals surface area contributed by atoms with Gasteiger partial charge in [-0.15, -0.1) is 0 Å². The summed E-state index contributed by atoms with van der Waals surface area (Å²) in [6.07, 6.45) is 1.12. The maximum absolute atomic E-state index is 5.64. The molecule has 0 saturated heterocycles. The fourth-order valence-corrected chi connectivity index (χ4v) is 2.17. The van der Waals surface area contributed by atoms with Crippen LogP contribution >= 0.6 is 0 Å². The Labute approximate surface area is 79.7 Å². The molecule has 1 aliphatic rings. The molecule has 0 saturated carbocycles. The van der Waals surface area contributed by atoms with Crippen LogP contribution in [-0.4, -0.2) is 6.61 Å². The molecular formula is C12H16O. The number of hydrogen-bond donors (Lipinski definition) is 0. The highest BCUT2D eigenvalue weighted by atomic mass is 16.5. The van der Waals surface area contributed by atoms with Crippen LogP contribution in [0.3, 0.4) is 0 Å². The van der Waals surface area contributed by atoms with Gasteiger partial charge in [0.25, 0.3) is 0 Å². The van der Waals surface area contributed by atoms with Gasteiger partial charge in [-0.3, -0.25) is 0 Å². The summed E-state index contributed by atoms with van der Waals surface area (Å²) >= 11 is 0. The van der Waals surface area contributed by atoms with Gasteiger partial charge >= 0.3 is 0 Å². The van der Waals surface area contributed by atoms with E-state index in [-0.39, 0.29) is 5.41 Å². The molecule has 1 heteroatoms. The van der Waals surface area contributed by atoms with Gasteiger partial charge in [0.05, 0.1) is 6.61 Å². The molecule has 0 spiro atoms. The van der Waals surface area contributed by atoms with E-state index in [0.717, 1.165) is 18.8 Å². The Morgan fingerprint density at radius 2 is 2.08 bits per heavy atom. The summed E-state index contributed by atoms with van der Waals surface area (Å²) in [7, 11) is 0. The molecule has 0 unspecified atom stereocenters. The van der Waals surface area contributed by atoms with Gasteiger partial charge in [-0.25, -0.2) is 0 Å². The fourth-order valence-electron chi connectivity index (χ4n) is 2.17. The molecule has 13 heavy (non-hydrogen) atoms. The number of hydrogen-bond acceptors (Lipinski definition) is 1. The van der Waals surface area contributed by atoms with Crippen molar-refractivity contribution in [3.63, 3.8) is 0 Å². The summed E-state index contributed by atoms with van der Waals surface area (Å²) in [5.41, 5.74) is 3.02. The number of aryl methyl sites for hydroxylation is 1. The summed E-state index contributed by atoms with van der Waals surface area (Å²) in [6.45, 7) is 7.60. The number of rotatable bonds is 0. The minimum atomic E-state index is 0.277. The van der Waals surface area contributed by atoms with Crippen molar-refractivity contribution in [1.29, 1.82) is 0 Å². The molecule has 70 valence electrons. The molecule has 0 N–H and O–H groups in total. The van der Waals surface area contributed by atoms with Gasteiger partial charge in [0.1, 0.15) is 5.75 Å². The van der Waals surface area contributed by atoms with Crippen molar-refractivity contribution in [3.8, 4) is 5.75 Å². The van der Waals surface area contributed by atoms with Gasteiger partial charge in [0.15, 0.2) is 0 Å². The van der Waals surface area contributed by atoms with E-state index in [1.807, 2.05) is 0 Å². The minimum absolute atomic E-state index is 0.277. The summed E-state index contributed by atoms with van der Waals surface area (Å²) in [4.78, 5) is 0. The molecule has 0 aliphatic carbocycles. The molecule has 0 amide bonds. The summed E-state index contributed by atoms with van der Waals surface area (Å²) in [5.74, 6) is 1.08. The first-order chi connectivity index (χ1) is 6.11. The van der Waals surface area contributed by atoms with Gasteiger partial charge in [-0.05, 0) is 30.4 Å². The Kier molecular flexibility index (Phi) is 1.83. The molecule has 0 fully saturated rings. The first-order valence-corrected chi connectivity index (χ1v) is 4.84. The Morgan fingerprint density at radius 1 is 1.31 bits per heavy atom. The average Bonchev–Trinajstić information content (AvgIpc) is 2.02. The molecule has 1 nitrogen and oxygen atoms in total. The van der Waals surface area contributed by atoms with Gasteiger partial charge in [0.2, 0.25) is 0 Å². The van der Waals surface area contributed by atoms with Crippen LogP contribution in [0.15, 0.2) is 18.2 Å². The number of benzene rings is 1. The Hall–Kier alpha value is -0.980. The van der Waals surface area contributed by atoms with Crippen LogP contribution in [0.5, 0.6) is 5.75 Å². The molecule has 1 aromatic rings. The lowest BCUT2D eigenvalue weighted by atomic mass is 9.78. The van der Waals surface area contributed by atoms with E-state index in [1.54, 1.807) is 0 Å². The third-order valence-corrected chi connectivity index (χ3v) is 2.90. The normalized spacial score (nSPS) is 19.0. The minimum Gasteiger partial charge on any atom is -0.493 e. The molecule has 2 rings (SSSR count). The first kappa shape index (κ1) is 8.61. The van der Waals surface area contributed by atoms with Gasteiger partial charge < -0.3 is 4.74 Å². The van der Waals surface area contributed by atoms with E-state index in [9.17, 15) is 0 Å². The summed E-state index contributed by atoms with van der Waals surface area (Å²) in [6, 6.07) is 6.30. The van der Waals surface area contributed by atoms with E-state index >= 15 is 0 Å². The molecule has 0 atom stereocenters. The Morgan fingerprint density at radius 3 is 2.77 bits per heavy atom. The topological polar surface area (TPSA) is 9.23 Å². The summed E-state index contributed by atoms with van der Waals surface area (Å²) in [5, 5.41) is 0. The van der Waals surface area contributed by atoms with E-state index < -0.39 is 0 Å². The predicted octanol–water partition coefficient (Wildman–Crippen LogP) is 3.06. The van der Waals surface area contributed by atoms with Crippen molar-refractivity contribution >= 4 is 0 Å².